The van der Waals surface area contributed by atoms with Crippen LogP contribution in [-0.2, 0) is 4.74 Å². The fraction of sp³-hybridized carbons (Fsp3) is 0.667. The molecule has 2 atom stereocenters. The Kier molecular flexibility index (Phi) is 3.76. The lowest BCUT2D eigenvalue weighted by Gasteiger charge is -2.27. The maximum atomic E-state index is 10.5. The van der Waals surface area contributed by atoms with Crippen molar-refractivity contribution in [3.63, 3.8) is 0 Å². The summed E-state index contributed by atoms with van der Waals surface area (Å²) in [4.78, 5) is 10.5. The molecule has 2 unspecified atom stereocenters. The summed E-state index contributed by atoms with van der Waals surface area (Å²) >= 11 is 0. The van der Waals surface area contributed by atoms with E-state index in [1.54, 1.807) is 6.08 Å². The Bertz CT molecular complexity index is 188. The molecule has 1 fully saturated rings. The summed E-state index contributed by atoms with van der Waals surface area (Å²) in [5, 5.41) is 3.24. The minimum Gasteiger partial charge on any atom is -0.442 e. The fourth-order valence-corrected chi connectivity index (χ4v) is 1.63. The topological polar surface area (TPSA) is 64.3 Å². The minimum atomic E-state index is -0.726. The predicted octanol–water partition coefficient (Wildman–Crippen LogP) is 0.636. The van der Waals surface area contributed by atoms with E-state index in [1.165, 1.54) is 0 Å². The van der Waals surface area contributed by atoms with Gasteiger partial charge >= 0.3 is 6.09 Å². The molecule has 1 heterocycles. The van der Waals surface area contributed by atoms with Gasteiger partial charge in [-0.1, -0.05) is 12.7 Å². The van der Waals surface area contributed by atoms with Crippen LogP contribution in [0, 0.1) is 5.92 Å². The molecular formula is C9H16N2O2. The molecule has 4 heteroatoms. The van der Waals surface area contributed by atoms with Crippen LogP contribution in [0.1, 0.15) is 12.8 Å². The maximum absolute atomic E-state index is 10.5. The van der Waals surface area contributed by atoms with Crippen molar-refractivity contribution in [2.75, 3.05) is 13.1 Å². The van der Waals surface area contributed by atoms with Gasteiger partial charge in [0.05, 0.1) is 0 Å². The zero-order valence-electron chi connectivity index (χ0n) is 7.66. The first-order valence-electron chi connectivity index (χ1n) is 4.53. The molecule has 0 aromatic heterocycles. The summed E-state index contributed by atoms with van der Waals surface area (Å²) < 4.78 is 4.92. The highest BCUT2D eigenvalue weighted by atomic mass is 16.6. The van der Waals surface area contributed by atoms with Gasteiger partial charge in [-0.25, -0.2) is 4.79 Å². The van der Waals surface area contributed by atoms with Crippen molar-refractivity contribution < 1.29 is 9.53 Å². The molecule has 0 aromatic rings. The highest BCUT2D eigenvalue weighted by molar-refractivity contribution is 5.65. The molecule has 0 spiro atoms. The summed E-state index contributed by atoms with van der Waals surface area (Å²) in [7, 11) is 0. The van der Waals surface area contributed by atoms with E-state index in [0.717, 1.165) is 25.9 Å². The minimum absolute atomic E-state index is 0.245. The van der Waals surface area contributed by atoms with Crippen LogP contribution >= 0.6 is 0 Å². The molecule has 0 bridgehead atoms. The van der Waals surface area contributed by atoms with Gasteiger partial charge in [0, 0.05) is 12.5 Å². The third kappa shape index (κ3) is 3.06. The van der Waals surface area contributed by atoms with Crippen molar-refractivity contribution >= 4 is 6.09 Å². The van der Waals surface area contributed by atoms with Crippen molar-refractivity contribution in [1.29, 1.82) is 0 Å². The number of carbonyl (C=O) groups excluding carboxylic acids is 1. The molecule has 0 radical (unpaired) electrons. The summed E-state index contributed by atoms with van der Waals surface area (Å²) in [5.41, 5.74) is 4.95. The Labute approximate surface area is 78.1 Å². The maximum Gasteiger partial charge on any atom is 0.405 e. The van der Waals surface area contributed by atoms with Gasteiger partial charge in [-0.05, 0) is 19.4 Å². The number of primary amides is 1. The van der Waals surface area contributed by atoms with Crippen molar-refractivity contribution in [2.24, 2.45) is 11.7 Å². The van der Waals surface area contributed by atoms with Gasteiger partial charge in [0.25, 0.3) is 0 Å². The van der Waals surface area contributed by atoms with Crippen LogP contribution in [0.5, 0.6) is 0 Å². The number of rotatable bonds is 3. The van der Waals surface area contributed by atoms with E-state index >= 15 is 0 Å². The van der Waals surface area contributed by atoms with Crippen LogP contribution in [0.3, 0.4) is 0 Å². The molecule has 0 aliphatic carbocycles. The van der Waals surface area contributed by atoms with Gasteiger partial charge in [-0.3, -0.25) is 0 Å². The molecule has 1 aliphatic rings. The van der Waals surface area contributed by atoms with Crippen molar-refractivity contribution in [2.45, 2.75) is 18.9 Å². The van der Waals surface area contributed by atoms with Crippen molar-refractivity contribution in [3.8, 4) is 0 Å². The third-order valence-electron chi connectivity index (χ3n) is 2.28. The first-order valence-corrected chi connectivity index (χ1v) is 4.53. The Morgan fingerprint density at radius 1 is 1.77 bits per heavy atom. The second-order valence-corrected chi connectivity index (χ2v) is 3.24. The molecular weight excluding hydrogens is 168 g/mol. The molecule has 1 amide bonds. The second-order valence-electron chi connectivity index (χ2n) is 3.24. The molecule has 1 rings (SSSR count). The standard InChI is InChI=1S/C9H16N2O2/c1-2-8(13-9(10)12)7-4-3-5-11-6-7/h2,7-8,11H,1,3-6H2,(H2,10,12). The molecule has 13 heavy (non-hydrogen) atoms. The number of ether oxygens (including phenoxy) is 1. The smallest absolute Gasteiger partial charge is 0.405 e. The summed E-state index contributed by atoms with van der Waals surface area (Å²) in [6, 6.07) is 0. The molecule has 1 saturated heterocycles. The van der Waals surface area contributed by atoms with E-state index in [4.69, 9.17) is 10.5 Å². The van der Waals surface area contributed by atoms with E-state index in [9.17, 15) is 4.79 Å². The lowest BCUT2D eigenvalue weighted by atomic mass is 9.94. The molecule has 4 nitrogen and oxygen atoms in total. The molecule has 3 N–H and O–H groups in total. The largest absolute Gasteiger partial charge is 0.442 e. The fourth-order valence-electron chi connectivity index (χ4n) is 1.63. The third-order valence-corrected chi connectivity index (χ3v) is 2.28. The number of nitrogens with one attached hydrogen (secondary N) is 1. The number of carbonyl (C=O) groups is 1. The first-order chi connectivity index (χ1) is 6.24. The first kappa shape index (κ1) is 10.1. The van der Waals surface area contributed by atoms with Crippen LogP contribution in [0.15, 0.2) is 12.7 Å². The molecule has 0 aromatic carbocycles. The van der Waals surface area contributed by atoms with Crippen molar-refractivity contribution in [1.82, 2.24) is 5.32 Å². The highest BCUT2D eigenvalue weighted by Gasteiger charge is 2.23. The molecule has 74 valence electrons. The SMILES string of the molecule is C=CC(OC(N)=O)C1CCCNC1. The van der Waals surface area contributed by atoms with Gasteiger partial charge in [-0.2, -0.15) is 0 Å². The normalized spacial score (nSPS) is 24.8. The monoisotopic (exact) mass is 184 g/mol. The lowest BCUT2D eigenvalue weighted by molar-refractivity contribution is 0.0876. The van der Waals surface area contributed by atoms with Gasteiger partial charge in [0.2, 0.25) is 0 Å². The average Bonchev–Trinajstić information content (AvgIpc) is 2.15. The summed E-state index contributed by atoms with van der Waals surface area (Å²) in [6.45, 7) is 5.53. The number of nitrogens with two attached hydrogens (primary N) is 1. The van der Waals surface area contributed by atoms with Crippen LogP contribution in [0.4, 0.5) is 4.79 Å². The molecule has 0 saturated carbocycles. The number of amides is 1. The Hall–Kier alpha value is -1.03. The van der Waals surface area contributed by atoms with Gasteiger partial charge < -0.3 is 15.8 Å². The van der Waals surface area contributed by atoms with E-state index < -0.39 is 6.09 Å². The van der Waals surface area contributed by atoms with E-state index in [-0.39, 0.29) is 6.10 Å². The van der Waals surface area contributed by atoms with Crippen LogP contribution < -0.4 is 11.1 Å². The zero-order chi connectivity index (χ0) is 9.68. The van der Waals surface area contributed by atoms with Crippen LogP contribution in [-0.4, -0.2) is 25.3 Å². The quantitative estimate of drug-likeness (QED) is 0.632. The zero-order valence-corrected chi connectivity index (χ0v) is 7.66. The van der Waals surface area contributed by atoms with Gasteiger partial charge in [0.1, 0.15) is 6.10 Å². The predicted molar refractivity (Wildman–Crippen MR) is 50.2 cm³/mol. The van der Waals surface area contributed by atoms with Gasteiger partial charge in [-0.15, -0.1) is 0 Å². The van der Waals surface area contributed by atoms with E-state index in [0.29, 0.717) is 5.92 Å². The summed E-state index contributed by atoms with van der Waals surface area (Å²) in [6.07, 6.45) is 2.83. The number of hydrogen-bond acceptors (Lipinski definition) is 3. The Balaban J connectivity index is 2.43. The number of piperidine rings is 1. The van der Waals surface area contributed by atoms with E-state index in [1.807, 2.05) is 0 Å². The molecule has 1 aliphatic heterocycles. The second kappa shape index (κ2) is 4.87. The highest BCUT2D eigenvalue weighted by Crippen LogP contribution is 2.17. The van der Waals surface area contributed by atoms with Crippen LogP contribution in [0.2, 0.25) is 0 Å². The number of hydrogen-bond donors (Lipinski definition) is 2. The summed E-state index contributed by atoms with van der Waals surface area (Å²) in [5.74, 6) is 0.318. The Morgan fingerprint density at radius 2 is 2.54 bits per heavy atom. The van der Waals surface area contributed by atoms with Crippen LogP contribution in [0.25, 0.3) is 0 Å². The lowest BCUT2D eigenvalue weighted by Crippen LogP contribution is -2.38. The average molecular weight is 184 g/mol. The van der Waals surface area contributed by atoms with Gasteiger partial charge in [0.15, 0.2) is 0 Å². The van der Waals surface area contributed by atoms with Crippen molar-refractivity contribution in [3.05, 3.63) is 12.7 Å². The Morgan fingerprint density at radius 3 is 3.00 bits per heavy atom. The van der Waals surface area contributed by atoms with E-state index in [2.05, 4.69) is 11.9 Å².